The average Bonchev–Trinajstić information content (AvgIpc) is 3.12. The molecule has 1 aromatic heterocycles. The average molecular weight is 370 g/mol. The van der Waals surface area contributed by atoms with Gasteiger partial charge in [0.25, 0.3) is 0 Å². The minimum Gasteiger partial charge on any atom is -0.462 e. The number of esters is 1. The van der Waals surface area contributed by atoms with E-state index in [2.05, 4.69) is 32.0 Å². The highest BCUT2D eigenvalue weighted by atomic mass is 16.5. The van der Waals surface area contributed by atoms with Crippen molar-refractivity contribution in [2.24, 2.45) is 23.2 Å². The summed E-state index contributed by atoms with van der Waals surface area (Å²) in [4.78, 5) is 11.4. The fraction of sp³-hybridized carbons (Fsp3) is 0.739. The van der Waals surface area contributed by atoms with E-state index in [0.29, 0.717) is 5.92 Å². The van der Waals surface area contributed by atoms with Crippen molar-refractivity contribution >= 4 is 5.97 Å². The number of carbonyl (C=O) groups is 1. The molecule has 0 radical (unpaired) electrons. The van der Waals surface area contributed by atoms with Crippen LogP contribution in [-0.4, -0.2) is 17.2 Å². The topological polar surface area (TPSA) is 52.3 Å². The Labute approximate surface area is 161 Å². The van der Waals surface area contributed by atoms with Crippen molar-refractivity contribution < 1.29 is 14.1 Å². The van der Waals surface area contributed by atoms with Crippen LogP contribution >= 0.6 is 0 Å². The molecule has 4 aliphatic carbocycles. The summed E-state index contributed by atoms with van der Waals surface area (Å²) in [6, 6.07) is 0. The van der Waals surface area contributed by atoms with Gasteiger partial charge in [-0.3, -0.25) is 4.79 Å². The highest BCUT2D eigenvalue weighted by Gasteiger charge is 2.59. The molecule has 0 spiro atoms. The summed E-state index contributed by atoms with van der Waals surface area (Å²) >= 11 is 0. The van der Waals surface area contributed by atoms with Gasteiger partial charge >= 0.3 is 5.97 Å². The molecule has 0 N–H and O–H groups in total. The molecule has 0 saturated heterocycles. The van der Waals surface area contributed by atoms with Crippen molar-refractivity contribution in [2.45, 2.75) is 84.2 Å². The van der Waals surface area contributed by atoms with E-state index in [4.69, 9.17) is 9.26 Å². The number of nitrogens with zero attached hydrogens (tertiary/aromatic N) is 1. The van der Waals surface area contributed by atoms with Crippen LogP contribution in [0.2, 0.25) is 0 Å². The molecule has 1 heterocycles. The van der Waals surface area contributed by atoms with E-state index in [9.17, 15) is 4.79 Å². The number of carbonyl (C=O) groups excluding carboxylic acids is 1. The summed E-state index contributed by atoms with van der Waals surface area (Å²) in [5.74, 6) is 3.15. The van der Waals surface area contributed by atoms with Crippen molar-refractivity contribution in [1.29, 1.82) is 0 Å². The molecule has 2 saturated carbocycles. The Morgan fingerprint density at radius 2 is 1.96 bits per heavy atom. The second-order valence-electron chi connectivity index (χ2n) is 9.96. The predicted molar refractivity (Wildman–Crippen MR) is 102 cm³/mol. The van der Waals surface area contributed by atoms with Gasteiger partial charge in [-0.25, -0.2) is 0 Å². The van der Waals surface area contributed by atoms with Gasteiger partial charge in [0.1, 0.15) is 11.9 Å². The molecule has 0 aromatic carbocycles. The zero-order valence-electron chi connectivity index (χ0n) is 17.0. The van der Waals surface area contributed by atoms with Gasteiger partial charge in [0.05, 0.1) is 5.69 Å². The highest BCUT2D eigenvalue weighted by Crippen LogP contribution is 2.64. The fourth-order valence-corrected chi connectivity index (χ4v) is 7.46. The maximum atomic E-state index is 11.4. The second kappa shape index (κ2) is 5.71. The van der Waals surface area contributed by atoms with Crippen LogP contribution in [0.5, 0.6) is 0 Å². The monoisotopic (exact) mass is 369 g/mol. The Hall–Kier alpha value is -1.58. The van der Waals surface area contributed by atoms with Crippen molar-refractivity contribution in [3.8, 4) is 0 Å². The Bertz CT molecular complexity index is 824. The lowest BCUT2D eigenvalue weighted by Crippen LogP contribution is -2.51. The molecule has 0 bridgehead atoms. The standard InChI is InChI=1S/C23H31NO3/c1-13-21-20(27-24-13)12-19-17-6-5-15-11-16(26-14(2)25)7-9-22(15,3)18(17)8-10-23(19,21)4/h5,16-19H,6-12H2,1-4H3/t16-,17+,18+,19+,22+,23+/m1/s1. The summed E-state index contributed by atoms with van der Waals surface area (Å²) in [7, 11) is 0. The molecular weight excluding hydrogens is 338 g/mol. The summed E-state index contributed by atoms with van der Waals surface area (Å²) in [6.07, 6.45) is 10.4. The SMILES string of the molecule is CC(=O)O[C@@H]1CC[C@@]2(C)C(=CC[C@H]3[C@@H]2CC[C@]2(C)c4c(C)noc4C[C@@H]32)C1. The second-order valence-corrected chi connectivity index (χ2v) is 9.96. The maximum absolute atomic E-state index is 11.4. The maximum Gasteiger partial charge on any atom is 0.302 e. The Morgan fingerprint density at radius 1 is 1.19 bits per heavy atom. The Balaban J connectivity index is 1.45. The molecule has 4 nitrogen and oxygen atoms in total. The summed E-state index contributed by atoms with van der Waals surface area (Å²) in [5.41, 5.74) is 4.59. The van der Waals surface area contributed by atoms with E-state index in [-0.39, 0.29) is 22.9 Å². The van der Waals surface area contributed by atoms with Crippen LogP contribution in [0.15, 0.2) is 16.2 Å². The third kappa shape index (κ3) is 2.34. The van der Waals surface area contributed by atoms with E-state index >= 15 is 0 Å². The molecule has 6 atom stereocenters. The third-order valence-electron chi connectivity index (χ3n) is 8.69. The van der Waals surface area contributed by atoms with Gasteiger partial charge in [0, 0.05) is 30.7 Å². The van der Waals surface area contributed by atoms with Crippen LogP contribution in [0.25, 0.3) is 0 Å². The summed E-state index contributed by atoms with van der Waals surface area (Å²) < 4.78 is 11.3. The van der Waals surface area contributed by atoms with Gasteiger partial charge in [-0.2, -0.15) is 0 Å². The Morgan fingerprint density at radius 3 is 2.74 bits per heavy atom. The first kappa shape index (κ1) is 17.5. The number of ether oxygens (including phenoxy) is 1. The van der Waals surface area contributed by atoms with Gasteiger partial charge in [-0.15, -0.1) is 0 Å². The van der Waals surface area contributed by atoms with Gasteiger partial charge in [-0.05, 0) is 62.2 Å². The highest BCUT2D eigenvalue weighted by molar-refractivity contribution is 5.66. The number of hydrogen-bond donors (Lipinski definition) is 0. The fourth-order valence-electron chi connectivity index (χ4n) is 7.46. The van der Waals surface area contributed by atoms with Crippen LogP contribution in [0.3, 0.4) is 0 Å². The van der Waals surface area contributed by atoms with E-state index in [0.717, 1.165) is 49.0 Å². The first-order valence-corrected chi connectivity index (χ1v) is 10.7. The van der Waals surface area contributed by atoms with Crippen molar-refractivity contribution in [3.05, 3.63) is 28.7 Å². The molecule has 146 valence electrons. The molecule has 0 unspecified atom stereocenters. The molecule has 27 heavy (non-hydrogen) atoms. The number of aryl methyl sites for hydroxylation is 1. The zero-order valence-corrected chi connectivity index (χ0v) is 17.0. The smallest absolute Gasteiger partial charge is 0.302 e. The van der Waals surface area contributed by atoms with Crippen molar-refractivity contribution in [3.63, 3.8) is 0 Å². The molecule has 2 fully saturated rings. The minimum atomic E-state index is -0.144. The molecule has 0 aliphatic heterocycles. The van der Waals surface area contributed by atoms with Crippen LogP contribution in [0.1, 0.15) is 76.3 Å². The quantitative estimate of drug-likeness (QED) is 0.522. The van der Waals surface area contributed by atoms with Crippen LogP contribution < -0.4 is 0 Å². The predicted octanol–water partition coefficient (Wildman–Crippen LogP) is 4.89. The lowest BCUT2D eigenvalue weighted by molar-refractivity contribution is -0.148. The van der Waals surface area contributed by atoms with E-state index in [1.165, 1.54) is 31.7 Å². The van der Waals surface area contributed by atoms with Crippen LogP contribution in [0.4, 0.5) is 0 Å². The number of allylic oxidation sites excluding steroid dienone is 1. The number of aromatic nitrogens is 1. The van der Waals surface area contributed by atoms with E-state index in [1.54, 1.807) is 5.57 Å². The lowest BCUT2D eigenvalue weighted by Gasteiger charge is -2.57. The molecule has 4 heteroatoms. The van der Waals surface area contributed by atoms with Gasteiger partial charge in [0.15, 0.2) is 0 Å². The number of rotatable bonds is 1. The third-order valence-corrected chi connectivity index (χ3v) is 8.69. The molecular formula is C23H31NO3. The van der Waals surface area contributed by atoms with E-state index in [1.807, 2.05) is 0 Å². The summed E-state index contributed by atoms with van der Waals surface area (Å²) in [6.45, 7) is 8.59. The minimum absolute atomic E-state index is 0.0800. The van der Waals surface area contributed by atoms with E-state index < -0.39 is 0 Å². The molecule has 1 aromatic rings. The van der Waals surface area contributed by atoms with Crippen LogP contribution in [-0.2, 0) is 21.4 Å². The summed E-state index contributed by atoms with van der Waals surface area (Å²) in [5, 5.41) is 4.26. The first-order chi connectivity index (χ1) is 12.8. The lowest BCUT2D eigenvalue weighted by atomic mass is 9.47. The van der Waals surface area contributed by atoms with Gasteiger partial charge < -0.3 is 9.26 Å². The normalized spacial score (nSPS) is 42.4. The van der Waals surface area contributed by atoms with Crippen molar-refractivity contribution in [1.82, 2.24) is 5.16 Å². The van der Waals surface area contributed by atoms with Crippen molar-refractivity contribution in [2.75, 3.05) is 0 Å². The van der Waals surface area contributed by atoms with Crippen LogP contribution in [0, 0.1) is 30.1 Å². The van der Waals surface area contributed by atoms with Gasteiger partial charge in [-0.1, -0.05) is 30.7 Å². The molecule has 4 aliphatic rings. The zero-order chi connectivity index (χ0) is 19.0. The number of fused-ring (bicyclic) bond motifs is 7. The Kier molecular flexibility index (Phi) is 3.71. The van der Waals surface area contributed by atoms with Gasteiger partial charge in [0.2, 0.25) is 0 Å². The first-order valence-electron chi connectivity index (χ1n) is 10.7. The molecule has 5 rings (SSSR count). The largest absolute Gasteiger partial charge is 0.462 e. The molecule has 0 amide bonds. The number of hydrogen-bond acceptors (Lipinski definition) is 4.